The Hall–Kier alpha value is -1.79. The fraction of sp³-hybridized carbons (Fsp3) is 0.731. The smallest absolute Gasteiger partial charge is 0.308 e. The average molecular weight is 446 g/mol. The standard InChI is InChI=1S/C26H39NO5/c1-15-7-5-6-8-23(18(4)29)32-24(30)14-26(27)21-10-9-19(11-16(2)28)12-20(21)13-22(26)25(31)17(15)3/h9-10,13,15,17-21,23,29H,5-8,11-12,14,27H2,1-4H3. The van der Waals surface area contributed by atoms with Gasteiger partial charge in [-0.3, -0.25) is 9.59 Å². The van der Waals surface area contributed by atoms with E-state index in [0.29, 0.717) is 18.4 Å². The fourth-order valence-electron chi connectivity index (χ4n) is 5.73. The van der Waals surface area contributed by atoms with Gasteiger partial charge in [-0.05, 0) is 50.9 Å². The summed E-state index contributed by atoms with van der Waals surface area (Å²) in [5, 5.41) is 10.1. The lowest BCUT2D eigenvalue weighted by Gasteiger charge is -2.38. The molecule has 0 radical (unpaired) electrons. The van der Waals surface area contributed by atoms with Gasteiger partial charge < -0.3 is 20.4 Å². The van der Waals surface area contributed by atoms with E-state index in [-0.39, 0.29) is 47.6 Å². The summed E-state index contributed by atoms with van der Waals surface area (Å²) >= 11 is 0. The normalized spacial score (nSPS) is 39.5. The van der Waals surface area contributed by atoms with Gasteiger partial charge in [-0.15, -0.1) is 0 Å². The average Bonchev–Trinajstić information content (AvgIpc) is 2.99. The predicted octanol–water partition coefficient (Wildman–Crippen LogP) is 3.51. The van der Waals surface area contributed by atoms with E-state index < -0.39 is 23.7 Å². The molecule has 1 heterocycles. The number of hydrogen-bond acceptors (Lipinski definition) is 6. The molecule has 8 atom stereocenters. The van der Waals surface area contributed by atoms with Crippen molar-refractivity contribution < 1.29 is 24.2 Å². The van der Waals surface area contributed by atoms with Gasteiger partial charge in [0, 0.05) is 23.8 Å². The van der Waals surface area contributed by atoms with Crippen LogP contribution in [0.2, 0.25) is 0 Å². The van der Waals surface area contributed by atoms with Gasteiger partial charge in [0.2, 0.25) is 0 Å². The summed E-state index contributed by atoms with van der Waals surface area (Å²) in [6, 6.07) is 0. The Balaban J connectivity index is 1.96. The molecule has 0 aromatic carbocycles. The van der Waals surface area contributed by atoms with Gasteiger partial charge in [-0.1, -0.05) is 44.9 Å². The van der Waals surface area contributed by atoms with Crippen molar-refractivity contribution in [3.8, 4) is 0 Å². The maximum Gasteiger partial charge on any atom is 0.308 e. The zero-order valence-electron chi connectivity index (χ0n) is 19.9. The Labute approximate surface area is 191 Å². The second-order valence-corrected chi connectivity index (χ2v) is 10.5. The van der Waals surface area contributed by atoms with Crippen molar-refractivity contribution in [2.45, 2.75) is 90.4 Å². The number of ether oxygens (including phenoxy) is 1. The number of aliphatic hydroxyl groups excluding tert-OH is 1. The molecule has 3 N–H and O–H groups in total. The van der Waals surface area contributed by atoms with E-state index in [1.165, 1.54) is 0 Å². The third kappa shape index (κ3) is 5.23. The first kappa shape index (κ1) is 24.8. The first-order chi connectivity index (χ1) is 15.0. The third-order valence-corrected chi connectivity index (χ3v) is 7.84. The number of allylic oxidation sites excluding steroid dienone is 2. The molecule has 0 amide bonds. The number of aliphatic hydroxyl groups is 1. The van der Waals surface area contributed by atoms with Gasteiger partial charge in [0.05, 0.1) is 18.1 Å². The summed E-state index contributed by atoms with van der Waals surface area (Å²) in [4.78, 5) is 38.2. The van der Waals surface area contributed by atoms with Gasteiger partial charge in [-0.2, -0.15) is 0 Å². The van der Waals surface area contributed by atoms with Crippen LogP contribution in [-0.2, 0) is 19.1 Å². The predicted molar refractivity (Wildman–Crippen MR) is 123 cm³/mol. The van der Waals surface area contributed by atoms with E-state index in [1.807, 2.05) is 25.2 Å². The Bertz CT molecular complexity index is 800. The second-order valence-electron chi connectivity index (χ2n) is 10.5. The minimum Gasteiger partial charge on any atom is -0.460 e. The maximum absolute atomic E-state index is 13.6. The monoisotopic (exact) mass is 445 g/mol. The minimum atomic E-state index is -1.14. The number of rotatable bonds is 3. The lowest BCUT2D eigenvalue weighted by Crippen LogP contribution is -2.52. The number of esters is 1. The van der Waals surface area contributed by atoms with Crippen molar-refractivity contribution >= 4 is 17.5 Å². The summed E-state index contributed by atoms with van der Waals surface area (Å²) < 4.78 is 5.67. The molecule has 32 heavy (non-hydrogen) atoms. The zero-order chi connectivity index (χ0) is 23.6. The summed E-state index contributed by atoms with van der Waals surface area (Å²) in [6.45, 7) is 7.29. The number of ketones is 2. The summed E-state index contributed by atoms with van der Waals surface area (Å²) in [5.74, 6) is -0.359. The first-order valence-corrected chi connectivity index (χ1v) is 12.1. The highest BCUT2D eigenvalue weighted by Crippen LogP contribution is 2.48. The summed E-state index contributed by atoms with van der Waals surface area (Å²) in [7, 11) is 0. The van der Waals surface area contributed by atoms with Crippen LogP contribution in [0.15, 0.2) is 23.8 Å². The van der Waals surface area contributed by atoms with Crippen molar-refractivity contribution in [2.24, 2.45) is 35.3 Å². The van der Waals surface area contributed by atoms with E-state index in [9.17, 15) is 19.5 Å². The molecule has 1 saturated heterocycles. The molecule has 6 nitrogen and oxygen atoms in total. The van der Waals surface area contributed by atoms with Crippen LogP contribution in [0.25, 0.3) is 0 Å². The van der Waals surface area contributed by atoms with Crippen molar-refractivity contribution in [1.29, 1.82) is 0 Å². The molecule has 8 unspecified atom stereocenters. The molecule has 1 fully saturated rings. The third-order valence-electron chi connectivity index (χ3n) is 7.84. The Kier molecular flexibility index (Phi) is 7.77. The topological polar surface area (TPSA) is 107 Å². The number of fused-ring (bicyclic) bond motifs is 3. The summed E-state index contributed by atoms with van der Waals surface area (Å²) in [5.41, 5.74) is 6.32. The van der Waals surface area contributed by atoms with Crippen LogP contribution in [0.3, 0.4) is 0 Å². The molecule has 0 saturated carbocycles. The molecule has 6 heteroatoms. The van der Waals surface area contributed by atoms with Crippen molar-refractivity contribution in [1.82, 2.24) is 0 Å². The molecule has 3 rings (SSSR count). The van der Waals surface area contributed by atoms with Crippen LogP contribution in [0.5, 0.6) is 0 Å². The molecule has 0 spiro atoms. The van der Waals surface area contributed by atoms with Crippen molar-refractivity contribution in [3.63, 3.8) is 0 Å². The number of carbonyl (C=O) groups is 3. The molecule has 0 aromatic rings. The second kappa shape index (κ2) is 10.0. The van der Waals surface area contributed by atoms with E-state index in [4.69, 9.17) is 10.5 Å². The highest BCUT2D eigenvalue weighted by molar-refractivity contribution is 6.01. The number of nitrogens with two attached hydrogens (primary N) is 1. The van der Waals surface area contributed by atoms with Gasteiger partial charge in [0.15, 0.2) is 5.78 Å². The molecule has 3 aliphatic rings. The lowest BCUT2D eigenvalue weighted by atomic mass is 9.70. The molecular weight excluding hydrogens is 406 g/mol. The van der Waals surface area contributed by atoms with Gasteiger partial charge in [0.1, 0.15) is 11.9 Å². The van der Waals surface area contributed by atoms with Gasteiger partial charge in [-0.25, -0.2) is 0 Å². The molecular formula is C26H39NO5. The number of cyclic esters (lactones) is 1. The molecule has 0 aromatic heterocycles. The lowest BCUT2D eigenvalue weighted by molar-refractivity contribution is -0.156. The fourth-order valence-corrected chi connectivity index (χ4v) is 5.73. The molecule has 0 bridgehead atoms. The van der Waals surface area contributed by atoms with Gasteiger partial charge in [0.25, 0.3) is 0 Å². The van der Waals surface area contributed by atoms with Crippen molar-refractivity contribution in [3.05, 3.63) is 23.8 Å². The molecule has 2 aliphatic carbocycles. The van der Waals surface area contributed by atoms with Crippen LogP contribution in [0, 0.1) is 29.6 Å². The van der Waals surface area contributed by atoms with E-state index >= 15 is 0 Å². The zero-order valence-corrected chi connectivity index (χ0v) is 19.9. The largest absolute Gasteiger partial charge is 0.460 e. The SMILES string of the molecule is CC(=O)CC1C=CC2C(C=C3C(=O)C(C)C(C)CCCCC(C(C)O)OC(=O)CC32N)C1. The molecule has 178 valence electrons. The quantitative estimate of drug-likeness (QED) is 0.509. The Morgan fingerprint density at radius 1 is 1.25 bits per heavy atom. The van der Waals surface area contributed by atoms with E-state index in [2.05, 4.69) is 6.92 Å². The molecule has 1 aliphatic heterocycles. The number of hydrogen-bond donors (Lipinski definition) is 2. The van der Waals surface area contributed by atoms with E-state index in [1.54, 1.807) is 13.8 Å². The highest BCUT2D eigenvalue weighted by atomic mass is 16.6. The first-order valence-electron chi connectivity index (χ1n) is 12.1. The van der Waals surface area contributed by atoms with E-state index in [0.717, 1.165) is 25.7 Å². The Morgan fingerprint density at radius 3 is 2.59 bits per heavy atom. The van der Waals surface area contributed by atoms with Crippen LogP contribution in [0.4, 0.5) is 0 Å². The number of carbonyl (C=O) groups excluding carboxylic acids is 3. The van der Waals surface area contributed by atoms with Crippen LogP contribution in [-0.4, -0.2) is 40.4 Å². The van der Waals surface area contributed by atoms with Crippen LogP contribution in [0.1, 0.15) is 72.6 Å². The minimum absolute atomic E-state index is 0.0177. The van der Waals surface area contributed by atoms with Crippen molar-refractivity contribution in [2.75, 3.05) is 0 Å². The van der Waals surface area contributed by atoms with Crippen LogP contribution < -0.4 is 5.73 Å². The number of Topliss-reactive ketones (excluding diaryl/α,β-unsaturated/α-hetero) is 2. The Morgan fingerprint density at radius 2 is 1.94 bits per heavy atom. The maximum atomic E-state index is 13.6. The van der Waals surface area contributed by atoms with Crippen LogP contribution >= 0.6 is 0 Å². The highest BCUT2D eigenvalue weighted by Gasteiger charge is 2.52. The van der Waals surface area contributed by atoms with Gasteiger partial charge >= 0.3 is 5.97 Å². The summed E-state index contributed by atoms with van der Waals surface area (Å²) in [6.07, 6.45) is 9.02.